The van der Waals surface area contributed by atoms with Crippen molar-refractivity contribution in [1.29, 1.82) is 0 Å². The van der Waals surface area contributed by atoms with Crippen LogP contribution < -0.4 is 5.32 Å². The summed E-state index contributed by atoms with van der Waals surface area (Å²) in [7, 11) is 0. The molecule has 0 aromatic heterocycles. The maximum atomic E-state index is 11.9. The lowest BCUT2D eigenvalue weighted by atomic mass is 9.91. The Morgan fingerprint density at radius 2 is 1.71 bits per heavy atom. The molecule has 0 bridgehead atoms. The lowest BCUT2D eigenvalue weighted by Gasteiger charge is -2.17. The quantitative estimate of drug-likeness (QED) is 0.370. The van der Waals surface area contributed by atoms with Crippen LogP contribution in [-0.4, -0.2) is 30.3 Å². The molecule has 0 saturated carbocycles. The van der Waals surface area contributed by atoms with Crippen molar-refractivity contribution in [2.45, 2.75) is 59.1 Å². The number of ether oxygens (including phenoxy) is 1. The minimum atomic E-state index is -0.429. The molecule has 0 heterocycles. The van der Waals surface area contributed by atoms with Crippen LogP contribution in [0.4, 0.5) is 0 Å². The first-order valence-corrected chi connectivity index (χ1v) is 8.38. The Labute approximate surface area is 134 Å². The van der Waals surface area contributed by atoms with E-state index in [-0.39, 0.29) is 24.4 Å². The molecule has 1 amide bonds. The van der Waals surface area contributed by atoms with Crippen LogP contribution in [0, 0.1) is 17.8 Å². The summed E-state index contributed by atoms with van der Waals surface area (Å²) >= 11 is 3.98. The van der Waals surface area contributed by atoms with Gasteiger partial charge in [0.1, 0.15) is 6.61 Å². The topological polar surface area (TPSA) is 55.4 Å². The summed E-state index contributed by atoms with van der Waals surface area (Å²) in [6.07, 6.45) is 3.16. The van der Waals surface area contributed by atoms with Gasteiger partial charge in [0, 0.05) is 5.92 Å². The number of rotatable bonds is 10. The van der Waals surface area contributed by atoms with Gasteiger partial charge in [0.05, 0.1) is 11.8 Å². The molecule has 3 unspecified atom stereocenters. The molecule has 4 nitrogen and oxygen atoms in total. The zero-order valence-electron chi connectivity index (χ0n) is 14.0. The molecule has 3 atom stereocenters. The molecular formula is C16H31NO3S. The zero-order chi connectivity index (χ0) is 16.4. The van der Waals surface area contributed by atoms with Gasteiger partial charge >= 0.3 is 5.97 Å². The van der Waals surface area contributed by atoms with Crippen LogP contribution in [0.25, 0.3) is 0 Å². The molecule has 0 spiro atoms. The highest BCUT2D eigenvalue weighted by atomic mass is 32.1. The van der Waals surface area contributed by atoms with Crippen molar-refractivity contribution >= 4 is 24.5 Å². The Morgan fingerprint density at radius 3 is 2.24 bits per heavy atom. The average Bonchev–Trinajstić information content (AvgIpc) is 2.39. The second-order valence-electron chi connectivity index (χ2n) is 6.35. The zero-order valence-corrected chi connectivity index (χ0v) is 14.9. The van der Waals surface area contributed by atoms with Gasteiger partial charge in [0.25, 0.3) is 0 Å². The van der Waals surface area contributed by atoms with Crippen molar-refractivity contribution in [1.82, 2.24) is 5.32 Å². The van der Waals surface area contributed by atoms with E-state index in [1.165, 1.54) is 6.42 Å². The fourth-order valence-electron chi connectivity index (χ4n) is 2.21. The third kappa shape index (κ3) is 10.6. The monoisotopic (exact) mass is 317 g/mol. The lowest BCUT2D eigenvalue weighted by Crippen LogP contribution is -2.33. The molecule has 0 fully saturated rings. The van der Waals surface area contributed by atoms with Crippen LogP contribution >= 0.6 is 12.6 Å². The Morgan fingerprint density at radius 1 is 1.10 bits per heavy atom. The van der Waals surface area contributed by atoms with E-state index in [0.29, 0.717) is 18.4 Å². The summed E-state index contributed by atoms with van der Waals surface area (Å²) in [6, 6.07) is 0. The second-order valence-corrected chi connectivity index (χ2v) is 7.12. The van der Waals surface area contributed by atoms with Crippen molar-refractivity contribution in [2.75, 3.05) is 13.2 Å². The maximum absolute atomic E-state index is 11.9. The van der Waals surface area contributed by atoms with E-state index >= 15 is 0 Å². The van der Waals surface area contributed by atoms with Gasteiger partial charge in [-0.15, -0.1) is 0 Å². The van der Waals surface area contributed by atoms with Crippen LogP contribution in [0.15, 0.2) is 0 Å². The number of esters is 1. The van der Waals surface area contributed by atoms with E-state index < -0.39 is 5.25 Å². The second kappa shape index (κ2) is 10.9. The van der Waals surface area contributed by atoms with Crippen molar-refractivity contribution in [3.05, 3.63) is 0 Å². The van der Waals surface area contributed by atoms with Crippen LogP contribution in [-0.2, 0) is 14.3 Å². The first-order valence-electron chi connectivity index (χ1n) is 7.86. The highest BCUT2D eigenvalue weighted by Gasteiger charge is 2.15. The molecule has 1 N–H and O–H groups in total. The van der Waals surface area contributed by atoms with Crippen LogP contribution in [0.1, 0.15) is 53.9 Å². The van der Waals surface area contributed by atoms with Crippen LogP contribution in [0.2, 0.25) is 0 Å². The van der Waals surface area contributed by atoms with Crippen LogP contribution in [0.5, 0.6) is 0 Å². The SMILES string of the molecule is CC(C)CC(C)CCC(C)C(=O)NCCOC(=O)C(C)S. The third-order valence-electron chi connectivity index (χ3n) is 3.40. The Hall–Kier alpha value is -0.710. The minimum Gasteiger partial charge on any atom is -0.463 e. The Balaban J connectivity index is 3.78. The average molecular weight is 317 g/mol. The van der Waals surface area contributed by atoms with Crippen molar-refractivity contribution in [3.63, 3.8) is 0 Å². The van der Waals surface area contributed by atoms with E-state index in [0.717, 1.165) is 12.8 Å². The Kier molecular flexibility index (Phi) is 10.6. The standard InChI is InChI=1S/C16H31NO3S/c1-11(2)10-12(3)6-7-13(4)15(18)17-8-9-20-16(19)14(5)21/h11-14,21H,6-10H2,1-5H3,(H,17,18). The molecule has 0 radical (unpaired) electrons. The third-order valence-corrected chi connectivity index (χ3v) is 3.61. The Bertz CT molecular complexity index is 319. The van der Waals surface area contributed by atoms with Crippen LogP contribution in [0.3, 0.4) is 0 Å². The predicted molar refractivity (Wildman–Crippen MR) is 89.4 cm³/mol. The first kappa shape index (κ1) is 20.3. The van der Waals surface area contributed by atoms with Gasteiger partial charge in [-0.05, 0) is 38.0 Å². The van der Waals surface area contributed by atoms with E-state index in [1.54, 1.807) is 6.92 Å². The summed E-state index contributed by atoms with van der Waals surface area (Å²) in [5.41, 5.74) is 0. The minimum absolute atomic E-state index is 0.000818. The molecule has 0 aromatic rings. The van der Waals surface area contributed by atoms with Gasteiger partial charge in [-0.2, -0.15) is 12.6 Å². The van der Waals surface area contributed by atoms with Crippen molar-refractivity contribution in [2.24, 2.45) is 17.8 Å². The number of hydrogen-bond acceptors (Lipinski definition) is 4. The van der Waals surface area contributed by atoms with E-state index in [2.05, 4.69) is 38.7 Å². The number of carbonyl (C=O) groups excluding carboxylic acids is 2. The summed E-state index contributed by atoms with van der Waals surface area (Å²) < 4.78 is 4.95. The lowest BCUT2D eigenvalue weighted by molar-refractivity contribution is -0.143. The van der Waals surface area contributed by atoms with Gasteiger partial charge in [-0.1, -0.05) is 27.7 Å². The summed E-state index contributed by atoms with van der Waals surface area (Å²) in [4.78, 5) is 23.1. The molecule has 0 saturated heterocycles. The number of thiol groups is 1. The molecule has 5 heteroatoms. The number of hydrogen-bond donors (Lipinski definition) is 2. The van der Waals surface area contributed by atoms with Gasteiger partial charge in [-0.25, -0.2) is 0 Å². The predicted octanol–water partition coefficient (Wildman–Crippen LogP) is 3.06. The first-order chi connectivity index (χ1) is 9.73. The van der Waals surface area contributed by atoms with Gasteiger partial charge in [0.15, 0.2) is 0 Å². The summed E-state index contributed by atoms with van der Waals surface area (Å²) in [6.45, 7) is 10.8. The summed E-state index contributed by atoms with van der Waals surface area (Å²) in [5.74, 6) is 1.02. The molecule has 0 rings (SSSR count). The molecule has 21 heavy (non-hydrogen) atoms. The highest BCUT2D eigenvalue weighted by Crippen LogP contribution is 2.19. The molecular weight excluding hydrogens is 286 g/mol. The van der Waals surface area contributed by atoms with E-state index in [9.17, 15) is 9.59 Å². The molecule has 0 aliphatic carbocycles. The number of amides is 1. The van der Waals surface area contributed by atoms with Crippen molar-refractivity contribution < 1.29 is 14.3 Å². The maximum Gasteiger partial charge on any atom is 0.318 e. The van der Waals surface area contributed by atoms with Gasteiger partial charge < -0.3 is 10.1 Å². The normalized spacial score (nSPS) is 15.4. The van der Waals surface area contributed by atoms with Gasteiger partial charge in [0.2, 0.25) is 5.91 Å². The highest BCUT2D eigenvalue weighted by molar-refractivity contribution is 7.81. The number of carbonyl (C=O) groups is 2. The van der Waals surface area contributed by atoms with Gasteiger partial charge in [-0.3, -0.25) is 9.59 Å². The van der Waals surface area contributed by atoms with E-state index in [4.69, 9.17) is 4.74 Å². The molecule has 0 aliphatic heterocycles. The fourth-order valence-corrected chi connectivity index (χ4v) is 2.28. The van der Waals surface area contributed by atoms with E-state index in [1.807, 2.05) is 6.92 Å². The molecule has 0 aliphatic rings. The summed E-state index contributed by atoms with van der Waals surface area (Å²) in [5, 5.41) is 2.37. The smallest absolute Gasteiger partial charge is 0.318 e. The fraction of sp³-hybridized carbons (Fsp3) is 0.875. The number of nitrogens with one attached hydrogen (secondary N) is 1. The largest absolute Gasteiger partial charge is 0.463 e. The molecule has 124 valence electrons. The van der Waals surface area contributed by atoms with Crippen molar-refractivity contribution in [3.8, 4) is 0 Å². The molecule has 0 aromatic carbocycles.